The molecule has 21 heavy (non-hydrogen) atoms. The third-order valence-corrected chi connectivity index (χ3v) is 3.92. The van der Waals surface area contributed by atoms with Crippen LogP contribution in [0.1, 0.15) is 64.9 Å². The molecule has 0 saturated carbocycles. The highest BCUT2D eigenvalue weighted by atomic mass is 15.6. The number of hydrogen-bond acceptors (Lipinski definition) is 2. The van der Waals surface area contributed by atoms with Gasteiger partial charge in [0.15, 0.2) is 0 Å². The van der Waals surface area contributed by atoms with Crippen LogP contribution in [0.4, 0.5) is 0 Å². The molecule has 0 atom stereocenters. The molecule has 0 heterocycles. The van der Waals surface area contributed by atoms with Crippen LogP contribution in [0.15, 0.2) is 30.3 Å². The van der Waals surface area contributed by atoms with Crippen molar-refractivity contribution in [3.8, 4) is 0 Å². The molecule has 0 amide bonds. The van der Waals surface area contributed by atoms with E-state index in [-0.39, 0.29) is 0 Å². The third kappa shape index (κ3) is 7.63. The molecule has 0 bridgehead atoms. The normalized spacial score (nSPS) is 11.5. The Morgan fingerprint density at radius 1 is 0.667 bits per heavy atom. The van der Waals surface area contributed by atoms with E-state index in [4.69, 9.17) is 0 Å². The van der Waals surface area contributed by atoms with Crippen LogP contribution in [0, 0.1) is 0 Å². The molecule has 0 aliphatic rings. The van der Waals surface area contributed by atoms with Crippen LogP contribution in [0.25, 0.3) is 0 Å². The van der Waals surface area contributed by atoms with Crippen molar-refractivity contribution in [1.29, 1.82) is 0 Å². The highest BCUT2D eigenvalue weighted by Crippen LogP contribution is 2.12. The molecular formula is C19H34N2. The van der Waals surface area contributed by atoms with Gasteiger partial charge in [0.2, 0.25) is 0 Å². The van der Waals surface area contributed by atoms with E-state index in [1.54, 1.807) is 0 Å². The molecule has 0 aromatic heterocycles. The summed E-state index contributed by atoms with van der Waals surface area (Å²) in [6, 6.07) is 10.9. The second kappa shape index (κ2) is 11.8. The van der Waals surface area contributed by atoms with Crippen LogP contribution in [0.3, 0.4) is 0 Å². The quantitative estimate of drug-likeness (QED) is 0.494. The van der Waals surface area contributed by atoms with E-state index in [1.807, 2.05) is 0 Å². The molecule has 1 aromatic rings. The molecule has 0 aliphatic carbocycles. The minimum Gasteiger partial charge on any atom is -0.241 e. The second-order valence-electron chi connectivity index (χ2n) is 5.89. The number of benzene rings is 1. The summed E-state index contributed by atoms with van der Waals surface area (Å²) in [6.45, 7) is 11.5. The van der Waals surface area contributed by atoms with Gasteiger partial charge in [0.1, 0.15) is 0 Å². The number of rotatable bonds is 12. The van der Waals surface area contributed by atoms with Crippen LogP contribution < -0.4 is 0 Å². The van der Waals surface area contributed by atoms with Crippen LogP contribution in [-0.4, -0.2) is 29.7 Å². The van der Waals surface area contributed by atoms with Crippen LogP contribution in [0.2, 0.25) is 0 Å². The van der Waals surface area contributed by atoms with Gasteiger partial charge in [-0.15, -0.1) is 0 Å². The van der Waals surface area contributed by atoms with Crippen molar-refractivity contribution in [3.05, 3.63) is 35.9 Å². The van der Waals surface area contributed by atoms with E-state index in [9.17, 15) is 0 Å². The monoisotopic (exact) mass is 290 g/mol. The van der Waals surface area contributed by atoms with Gasteiger partial charge in [-0.25, -0.2) is 10.0 Å². The largest absolute Gasteiger partial charge is 0.241 e. The summed E-state index contributed by atoms with van der Waals surface area (Å²) in [5.41, 5.74) is 1.42. The van der Waals surface area contributed by atoms with E-state index in [0.717, 1.165) is 6.54 Å². The predicted molar refractivity (Wildman–Crippen MR) is 93.1 cm³/mol. The lowest BCUT2D eigenvalue weighted by molar-refractivity contribution is -0.0364. The van der Waals surface area contributed by atoms with Crippen molar-refractivity contribution in [3.63, 3.8) is 0 Å². The molecule has 120 valence electrons. The van der Waals surface area contributed by atoms with Gasteiger partial charge in [-0.3, -0.25) is 0 Å². The standard InChI is InChI=1S/C19H34N2/c1-4-7-15-20(16-8-5-2)21(17-9-6-3)18-19-13-11-10-12-14-19/h10-14H,4-9,15-18H2,1-3H3. The van der Waals surface area contributed by atoms with E-state index < -0.39 is 0 Å². The summed E-state index contributed by atoms with van der Waals surface area (Å²) in [4.78, 5) is 0. The van der Waals surface area contributed by atoms with Gasteiger partial charge >= 0.3 is 0 Å². The summed E-state index contributed by atoms with van der Waals surface area (Å²) in [6.07, 6.45) is 7.68. The molecule has 2 nitrogen and oxygen atoms in total. The maximum absolute atomic E-state index is 2.61. The second-order valence-corrected chi connectivity index (χ2v) is 5.89. The molecule has 0 N–H and O–H groups in total. The van der Waals surface area contributed by atoms with Crippen LogP contribution in [-0.2, 0) is 6.54 Å². The number of hydrogen-bond donors (Lipinski definition) is 0. The molecular weight excluding hydrogens is 256 g/mol. The third-order valence-electron chi connectivity index (χ3n) is 3.92. The zero-order valence-corrected chi connectivity index (χ0v) is 14.4. The molecule has 0 fully saturated rings. The van der Waals surface area contributed by atoms with Gasteiger partial charge in [0, 0.05) is 26.2 Å². The average Bonchev–Trinajstić information content (AvgIpc) is 2.53. The Labute approximate surface area is 132 Å². The maximum Gasteiger partial charge on any atom is 0.0384 e. The number of nitrogens with zero attached hydrogens (tertiary/aromatic N) is 2. The molecule has 0 spiro atoms. The first-order chi connectivity index (χ1) is 10.3. The fraction of sp³-hybridized carbons (Fsp3) is 0.684. The average molecular weight is 290 g/mol. The van der Waals surface area contributed by atoms with Crippen molar-refractivity contribution >= 4 is 0 Å². The van der Waals surface area contributed by atoms with E-state index in [1.165, 1.54) is 63.7 Å². The zero-order chi connectivity index (χ0) is 15.3. The molecule has 0 aliphatic heterocycles. The molecule has 0 saturated heterocycles. The topological polar surface area (TPSA) is 6.48 Å². The zero-order valence-electron chi connectivity index (χ0n) is 14.4. The first-order valence-electron chi connectivity index (χ1n) is 8.85. The van der Waals surface area contributed by atoms with Crippen molar-refractivity contribution < 1.29 is 0 Å². The van der Waals surface area contributed by atoms with Crippen molar-refractivity contribution in [2.75, 3.05) is 19.6 Å². The van der Waals surface area contributed by atoms with Gasteiger partial charge in [0.05, 0.1) is 0 Å². The van der Waals surface area contributed by atoms with E-state index >= 15 is 0 Å². The SMILES string of the molecule is CCCCN(CCCC)N(CCCC)Cc1ccccc1. The highest BCUT2D eigenvalue weighted by Gasteiger charge is 2.14. The summed E-state index contributed by atoms with van der Waals surface area (Å²) < 4.78 is 0. The lowest BCUT2D eigenvalue weighted by atomic mass is 10.2. The lowest BCUT2D eigenvalue weighted by Gasteiger charge is -2.35. The fourth-order valence-electron chi connectivity index (χ4n) is 2.53. The number of hydrazine groups is 1. The Hall–Kier alpha value is -0.860. The first kappa shape index (κ1) is 18.2. The van der Waals surface area contributed by atoms with E-state index in [2.05, 4.69) is 61.1 Å². The highest BCUT2D eigenvalue weighted by molar-refractivity contribution is 5.14. The molecule has 1 aromatic carbocycles. The molecule has 0 unspecified atom stereocenters. The Morgan fingerprint density at radius 3 is 1.62 bits per heavy atom. The predicted octanol–water partition coefficient (Wildman–Crippen LogP) is 5.11. The first-order valence-corrected chi connectivity index (χ1v) is 8.85. The van der Waals surface area contributed by atoms with Crippen molar-refractivity contribution in [1.82, 2.24) is 10.0 Å². The fourth-order valence-corrected chi connectivity index (χ4v) is 2.53. The summed E-state index contributed by atoms with van der Waals surface area (Å²) in [7, 11) is 0. The van der Waals surface area contributed by atoms with E-state index in [0.29, 0.717) is 0 Å². The number of unbranched alkanes of at least 4 members (excludes halogenated alkanes) is 3. The summed E-state index contributed by atoms with van der Waals surface area (Å²) in [5.74, 6) is 0. The van der Waals surface area contributed by atoms with Crippen molar-refractivity contribution in [2.24, 2.45) is 0 Å². The molecule has 0 radical (unpaired) electrons. The van der Waals surface area contributed by atoms with Crippen molar-refractivity contribution in [2.45, 2.75) is 65.8 Å². The van der Waals surface area contributed by atoms with Gasteiger partial charge in [-0.1, -0.05) is 70.4 Å². The molecule has 1 rings (SSSR count). The molecule has 2 heteroatoms. The summed E-state index contributed by atoms with van der Waals surface area (Å²) in [5, 5.41) is 5.19. The Balaban J connectivity index is 2.69. The maximum atomic E-state index is 2.61. The van der Waals surface area contributed by atoms with Gasteiger partial charge in [-0.05, 0) is 24.8 Å². The Bertz CT molecular complexity index is 329. The van der Waals surface area contributed by atoms with Crippen LogP contribution >= 0.6 is 0 Å². The van der Waals surface area contributed by atoms with Gasteiger partial charge in [0.25, 0.3) is 0 Å². The summed E-state index contributed by atoms with van der Waals surface area (Å²) >= 11 is 0. The smallest absolute Gasteiger partial charge is 0.0384 e. The Morgan fingerprint density at radius 2 is 1.14 bits per heavy atom. The Kier molecular flexibility index (Phi) is 10.2. The van der Waals surface area contributed by atoms with Gasteiger partial charge < -0.3 is 0 Å². The minimum absolute atomic E-state index is 1.05. The minimum atomic E-state index is 1.05. The van der Waals surface area contributed by atoms with Gasteiger partial charge in [-0.2, -0.15) is 0 Å². The lowest BCUT2D eigenvalue weighted by Crippen LogP contribution is -2.43. The van der Waals surface area contributed by atoms with Crippen LogP contribution in [0.5, 0.6) is 0 Å².